The van der Waals surface area contributed by atoms with Crippen LogP contribution in [-0.4, -0.2) is 26.2 Å². The first-order valence-electron chi connectivity index (χ1n) is 5.70. The first-order chi connectivity index (χ1) is 7.45. The second-order valence-corrected chi connectivity index (χ2v) is 4.12. The molecule has 3 heteroatoms. The van der Waals surface area contributed by atoms with Crippen LogP contribution in [0.4, 0.5) is 11.4 Å². The summed E-state index contributed by atoms with van der Waals surface area (Å²) in [5.41, 5.74) is 2.41. The van der Waals surface area contributed by atoms with Crippen LogP contribution in [0.5, 0.6) is 5.75 Å². The number of fused-ring (bicyclic) bond motifs is 1. The summed E-state index contributed by atoms with van der Waals surface area (Å²) in [5, 5.41) is 3.37. The first kappa shape index (κ1) is 8.89. The van der Waals surface area contributed by atoms with E-state index in [0.29, 0.717) is 0 Å². The number of para-hydroxylation sites is 1. The minimum Gasteiger partial charge on any atom is -0.487 e. The zero-order valence-electron chi connectivity index (χ0n) is 8.83. The molecular weight excluding hydrogens is 188 g/mol. The molecular formula is C12H16N2O. The Hall–Kier alpha value is -1.38. The minimum atomic E-state index is 0.776. The van der Waals surface area contributed by atoms with Crippen molar-refractivity contribution in [3.8, 4) is 5.75 Å². The van der Waals surface area contributed by atoms with Crippen LogP contribution in [0, 0.1) is 0 Å². The zero-order chi connectivity index (χ0) is 10.1. The lowest BCUT2D eigenvalue weighted by molar-refractivity contribution is 0.324. The maximum Gasteiger partial charge on any atom is 0.165 e. The Balaban J connectivity index is 1.99. The number of hydrogen-bond donors (Lipinski definition) is 1. The quantitative estimate of drug-likeness (QED) is 0.758. The molecule has 2 heterocycles. The monoisotopic (exact) mass is 204 g/mol. The highest BCUT2D eigenvalue weighted by molar-refractivity contribution is 5.73. The molecule has 15 heavy (non-hydrogen) atoms. The number of rotatable bonds is 1. The molecule has 1 aromatic rings. The van der Waals surface area contributed by atoms with Gasteiger partial charge in [-0.1, -0.05) is 6.07 Å². The topological polar surface area (TPSA) is 24.5 Å². The molecule has 0 atom stereocenters. The molecule has 0 radical (unpaired) electrons. The summed E-state index contributed by atoms with van der Waals surface area (Å²) < 4.78 is 5.76. The van der Waals surface area contributed by atoms with Crippen LogP contribution in [0.1, 0.15) is 12.8 Å². The van der Waals surface area contributed by atoms with E-state index in [1.807, 2.05) is 0 Å². The Morgan fingerprint density at radius 1 is 1.20 bits per heavy atom. The fourth-order valence-corrected chi connectivity index (χ4v) is 2.36. The van der Waals surface area contributed by atoms with Gasteiger partial charge in [0.15, 0.2) is 5.75 Å². The van der Waals surface area contributed by atoms with Gasteiger partial charge in [-0.25, -0.2) is 0 Å². The maximum atomic E-state index is 5.76. The Morgan fingerprint density at radius 3 is 2.93 bits per heavy atom. The predicted octanol–water partition coefficient (Wildman–Crippen LogP) is 2.09. The number of anilines is 2. The van der Waals surface area contributed by atoms with Crippen molar-refractivity contribution in [3.63, 3.8) is 0 Å². The van der Waals surface area contributed by atoms with Crippen LogP contribution < -0.4 is 15.0 Å². The Bertz CT molecular complexity index is 359. The van der Waals surface area contributed by atoms with Crippen molar-refractivity contribution in [1.29, 1.82) is 0 Å². The number of nitrogens with zero attached hydrogens (tertiary/aromatic N) is 1. The van der Waals surface area contributed by atoms with Gasteiger partial charge < -0.3 is 15.0 Å². The fourth-order valence-electron chi connectivity index (χ4n) is 2.36. The molecule has 0 unspecified atom stereocenters. The molecule has 0 bridgehead atoms. The van der Waals surface area contributed by atoms with Crippen molar-refractivity contribution in [2.24, 2.45) is 0 Å². The van der Waals surface area contributed by atoms with Gasteiger partial charge in [0, 0.05) is 19.6 Å². The molecule has 1 fully saturated rings. The molecule has 0 saturated carbocycles. The first-order valence-corrected chi connectivity index (χ1v) is 5.70. The number of benzene rings is 1. The van der Waals surface area contributed by atoms with E-state index in [1.54, 1.807) is 0 Å². The molecule has 1 saturated heterocycles. The third kappa shape index (κ3) is 1.52. The molecule has 1 aromatic carbocycles. The average molecular weight is 204 g/mol. The van der Waals surface area contributed by atoms with Gasteiger partial charge >= 0.3 is 0 Å². The van der Waals surface area contributed by atoms with Crippen LogP contribution in [0.15, 0.2) is 18.2 Å². The molecule has 3 nitrogen and oxygen atoms in total. The van der Waals surface area contributed by atoms with Crippen LogP contribution in [0.3, 0.4) is 0 Å². The van der Waals surface area contributed by atoms with E-state index >= 15 is 0 Å². The maximum absolute atomic E-state index is 5.76. The second-order valence-electron chi connectivity index (χ2n) is 4.12. The lowest BCUT2D eigenvalue weighted by Gasteiger charge is -2.26. The summed E-state index contributed by atoms with van der Waals surface area (Å²) in [6, 6.07) is 6.36. The molecule has 80 valence electrons. The Labute approximate surface area is 90.0 Å². The van der Waals surface area contributed by atoms with Crippen molar-refractivity contribution in [2.45, 2.75) is 12.8 Å². The summed E-state index contributed by atoms with van der Waals surface area (Å²) in [7, 11) is 0. The highest BCUT2D eigenvalue weighted by Gasteiger charge is 2.20. The molecule has 0 aliphatic carbocycles. The van der Waals surface area contributed by atoms with Gasteiger partial charge in [-0.15, -0.1) is 0 Å². The van der Waals surface area contributed by atoms with E-state index < -0.39 is 0 Å². The van der Waals surface area contributed by atoms with E-state index in [4.69, 9.17) is 4.74 Å². The van der Waals surface area contributed by atoms with Crippen molar-refractivity contribution in [1.82, 2.24) is 0 Å². The van der Waals surface area contributed by atoms with Gasteiger partial charge in [0.05, 0.1) is 11.4 Å². The van der Waals surface area contributed by atoms with E-state index in [0.717, 1.165) is 24.6 Å². The molecule has 0 spiro atoms. The summed E-state index contributed by atoms with van der Waals surface area (Å²) in [6.07, 6.45) is 2.61. The molecule has 2 aliphatic rings. The van der Waals surface area contributed by atoms with Crippen LogP contribution in [0.25, 0.3) is 0 Å². The SMILES string of the molecule is c1cc2c(c(N3CCCC3)c1)OCCN2. The zero-order valence-corrected chi connectivity index (χ0v) is 8.83. The molecule has 3 rings (SSSR count). The highest BCUT2D eigenvalue weighted by Crippen LogP contribution is 2.38. The summed E-state index contributed by atoms with van der Waals surface area (Å²) in [4.78, 5) is 2.42. The highest BCUT2D eigenvalue weighted by atomic mass is 16.5. The van der Waals surface area contributed by atoms with Crippen molar-refractivity contribution >= 4 is 11.4 Å². The Morgan fingerprint density at radius 2 is 2.07 bits per heavy atom. The minimum absolute atomic E-state index is 0.776. The largest absolute Gasteiger partial charge is 0.487 e. The van der Waals surface area contributed by atoms with Crippen LogP contribution in [-0.2, 0) is 0 Å². The summed E-state index contributed by atoms with van der Waals surface area (Å²) in [6.45, 7) is 4.02. The normalized spacial score (nSPS) is 19.3. The van der Waals surface area contributed by atoms with Crippen molar-refractivity contribution in [3.05, 3.63) is 18.2 Å². The molecule has 1 N–H and O–H groups in total. The smallest absolute Gasteiger partial charge is 0.165 e. The molecule has 0 aromatic heterocycles. The van der Waals surface area contributed by atoms with Crippen LogP contribution in [0.2, 0.25) is 0 Å². The Kier molecular flexibility index (Phi) is 2.16. The lowest BCUT2D eigenvalue weighted by atomic mass is 10.2. The standard InChI is InChI=1S/C12H16N2O/c1-2-8-14(7-1)11-5-3-4-10-12(11)15-9-6-13-10/h3-5,13H,1-2,6-9H2. The predicted molar refractivity (Wildman–Crippen MR) is 61.9 cm³/mol. The summed E-state index contributed by atoms with van der Waals surface area (Å²) in [5.74, 6) is 1.05. The van der Waals surface area contributed by atoms with Gasteiger partial charge in [-0.05, 0) is 25.0 Å². The van der Waals surface area contributed by atoms with Gasteiger partial charge in [-0.2, -0.15) is 0 Å². The van der Waals surface area contributed by atoms with E-state index in [1.165, 1.54) is 31.6 Å². The van der Waals surface area contributed by atoms with E-state index in [-0.39, 0.29) is 0 Å². The average Bonchev–Trinajstić information content (AvgIpc) is 2.82. The number of hydrogen-bond acceptors (Lipinski definition) is 3. The lowest BCUT2D eigenvalue weighted by Crippen LogP contribution is -2.23. The van der Waals surface area contributed by atoms with E-state index in [9.17, 15) is 0 Å². The van der Waals surface area contributed by atoms with Gasteiger partial charge in [0.2, 0.25) is 0 Å². The fraction of sp³-hybridized carbons (Fsp3) is 0.500. The van der Waals surface area contributed by atoms with Crippen LogP contribution >= 0.6 is 0 Å². The molecule has 0 amide bonds. The molecule has 2 aliphatic heterocycles. The van der Waals surface area contributed by atoms with Gasteiger partial charge in [0.25, 0.3) is 0 Å². The number of nitrogens with one attached hydrogen (secondary N) is 1. The van der Waals surface area contributed by atoms with Gasteiger partial charge in [0.1, 0.15) is 6.61 Å². The van der Waals surface area contributed by atoms with E-state index in [2.05, 4.69) is 28.4 Å². The van der Waals surface area contributed by atoms with Gasteiger partial charge in [-0.3, -0.25) is 0 Å². The summed E-state index contributed by atoms with van der Waals surface area (Å²) >= 11 is 0. The second kappa shape index (κ2) is 3.65. The van der Waals surface area contributed by atoms with Crippen molar-refractivity contribution in [2.75, 3.05) is 36.5 Å². The third-order valence-corrected chi connectivity index (χ3v) is 3.10. The number of ether oxygens (including phenoxy) is 1. The third-order valence-electron chi connectivity index (χ3n) is 3.10. The van der Waals surface area contributed by atoms with Crippen molar-refractivity contribution < 1.29 is 4.74 Å².